The Balaban J connectivity index is 2.08. The zero-order valence-electron chi connectivity index (χ0n) is 9.57. The number of hydrogen-bond acceptors (Lipinski definition) is 3. The van der Waals surface area contributed by atoms with Gasteiger partial charge in [0, 0.05) is 0 Å². The van der Waals surface area contributed by atoms with Gasteiger partial charge in [0.25, 0.3) is 0 Å². The van der Waals surface area contributed by atoms with E-state index in [1.54, 1.807) is 0 Å². The molecule has 1 N–H and O–H groups in total. The fourth-order valence-electron chi connectivity index (χ4n) is 2.23. The molecular weight excluding hydrogens is 224 g/mol. The predicted octanol–water partition coefficient (Wildman–Crippen LogP) is 1.54. The highest BCUT2D eigenvalue weighted by Crippen LogP contribution is 2.35. The van der Waals surface area contributed by atoms with Gasteiger partial charge in [0.2, 0.25) is 10.0 Å². The van der Waals surface area contributed by atoms with Gasteiger partial charge in [-0.15, -0.1) is 0 Å². The topological polar surface area (TPSA) is 70.0 Å². The lowest BCUT2D eigenvalue weighted by Crippen LogP contribution is -2.50. The van der Waals surface area contributed by atoms with Gasteiger partial charge in [-0.2, -0.15) is 9.98 Å². The Morgan fingerprint density at radius 2 is 1.81 bits per heavy atom. The molecule has 90 valence electrons. The summed E-state index contributed by atoms with van der Waals surface area (Å²) in [6, 6.07) is 2.19. The second kappa shape index (κ2) is 4.01. The highest BCUT2D eigenvalue weighted by atomic mass is 32.2. The van der Waals surface area contributed by atoms with Crippen LogP contribution < -0.4 is 4.72 Å². The van der Waals surface area contributed by atoms with E-state index in [-0.39, 0.29) is 5.25 Å². The van der Waals surface area contributed by atoms with Crippen LogP contribution in [0.2, 0.25) is 0 Å². The van der Waals surface area contributed by atoms with E-state index < -0.39 is 15.6 Å². The fraction of sp³-hybridized carbons (Fsp3) is 0.909. The van der Waals surface area contributed by atoms with Crippen molar-refractivity contribution >= 4 is 10.0 Å². The Kier molecular flexibility index (Phi) is 2.97. The first-order valence-corrected chi connectivity index (χ1v) is 7.46. The normalized spacial score (nSPS) is 35.6. The summed E-state index contributed by atoms with van der Waals surface area (Å²) in [5.74, 6) is 0.604. The van der Waals surface area contributed by atoms with E-state index in [9.17, 15) is 13.7 Å². The van der Waals surface area contributed by atoms with Crippen molar-refractivity contribution in [2.24, 2.45) is 5.92 Å². The summed E-state index contributed by atoms with van der Waals surface area (Å²) in [5.41, 5.74) is -0.825. The number of rotatable bonds is 3. The van der Waals surface area contributed by atoms with Crippen molar-refractivity contribution in [1.82, 2.24) is 4.72 Å². The third kappa shape index (κ3) is 2.38. The van der Waals surface area contributed by atoms with Gasteiger partial charge in [-0.05, 0) is 44.4 Å². The Morgan fingerprint density at radius 3 is 2.25 bits per heavy atom. The summed E-state index contributed by atoms with van der Waals surface area (Å²) in [7, 11) is -3.25. The molecule has 16 heavy (non-hydrogen) atoms. The lowest BCUT2D eigenvalue weighted by atomic mass is 9.79. The first-order valence-electron chi connectivity index (χ1n) is 5.91. The smallest absolute Gasteiger partial charge is 0.212 e. The van der Waals surface area contributed by atoms with Gasteiger partial charge in [0.05, 0.1) is 11.3 Å². The molecule has 2 aliphatic carbocycles. The Labute approximate surface area is 97.1 Å². The number of nitriles is 1. The van der Waals surface area contributed by atoms with Crippen molar-refractivity contribution in [2.45, 2.75) is 56.2 Å². The van der Waals surface area contributed by atoms with E-state index in [2.05, 4.69) is 17.7 Å². The van der Waals surface area contributed by atoms with Crippen LogP contribution in [-0.4, -0.2) is 19.2 Å². The molecule has 0 radical (unpaired) electrons. The zero-order chi connectivity index (χ0) is 11.8. The predicted molar refractivity (Wildman–Crippen MR) is 61.1 cm³/mol. The molecular formula is C11H18N2O2S. The van der Waals surface area contributed by atoms with Crippen LogP contribution in [0.1, 0.15) is 45.4 Å². The van der Waals surface area contributed by atoms with E-state index in [1.165, 1.54) is 0 Å². The fourth-order valence-corrected chi connectivity index (χ4v) is 3.94. The Hall–Kier alpha value is -0.600. The summed E-state index contributed by atoms with van der Waals surface area (Å²) in [5, 5.41) is 8.98. The minimum Gasteiger partial charge on any atom is -0.212 e. The molecule has 0 aromatic heterocycles. The van der Waals surface area contributed by atoms with Gasteiger partial charge in [0.15, 0.2) is 0 Å². The van der Waals surface area contributed by atoms with Crippen LogP contribution in [0.3, 0.4) is 0 Å². The molecule has 0 aliphatic heterocycles. The Bertz CT molecular complexity index is 398. The molecule has 4 nitrogen and oxygen atoms in total. The van der Waals surface area contributed by atoms with Gasteiger partial charge in [-0.25, -0.2) is 8.42 Å². The molecule has 2 fully saturated rings. The van der Waals surface area contributed by atoms with Crippen LogP contribution >= 0.6 is 0 Å². The molecule has 0 bridgehead atoms. The van der Waals surface area contributed by atoms with Crippen molar-refractivity contribution in [1.29, 1.82) is 5.26 Å². The van der Waals surface area contributed by atoms with Crippen molar-refractivity contribution in [3.8, 4) is 6.07 Å². The summed E-state index contributed by atoms with van der Waals surface area (Å²) >= 11 is 0. The largest absolute Gasteiger partial charge is 0.215 e. The maximum absolute atomic E-state index is 11.8. The quantitative estimate of drug-likeness (QED) is 0.816. The third-order valence-corrected chi connectivity index (χ3v) is 5.67. The molecule has 0 atom stereocenters. The summed E-state index contributed by atoms with van der Waals surface area (Å²) in [4.78, 5) is 0. The lowest BCUT2D eigenvalue weighted by molar-refractivity contribution is 0.277. The molecule has 2 aliphatic rings. The van der Waals surface area contributed by atoms with Gasteiger partial charge >= 0.3 is 0 Å². The number of hydrogen-bond donors (Lipinski definition) is 1. The van der Waals surface area contributed by atoms with Crippen LogP contribution in [0, 0.1) is 17.2 Å². The van der Waals surface area contributed by atoms with Crippen molar-refractivity contribution < 1.29 is 8.42 Å². The maximum Gasteiger partial charge on any atom is 0.215 e. The second-order valence-electron chi connectivity index (χ2n) is 5.22. The molecule has 0 spiro atoms. The van der Waals surface area contributed by atoms with E-state index in [1.807, 2.05) is 0 Å². The number of sulfonamides is 1. The summed E-state index contributed by atoms with van der Waals surface area (Å²) in [6.07, 6.45) is 4.65. The van der Waals surface area contributed by atoms with Gasteiger partial charge in [-0.3, -0.25) is 0 Å². The monoisotopic (exact) mass is 242 g/mol. The molecule has 2 saturated carbocycles. The van der Waals surface area contributed by atoms with Crippen LogP contribution in [0.4, 0.5) is 0 Å². The molecule has 0 aromatic rings. The van der Waals surface area contributed by atoms with E-state index in [0.29, 0.717) is 18.8 Å². The van der Waals surface area contributed by atoms with Crippen LogP contribution in [0.15, 0.2) is 0 Å². The van der Waals surface area contributed by atoms with Crippen molar-refractivity contribution in [2.75, 3.05) is 0 Å². The zero-order valence-corrected chi connectivity index (χ0v) is 10.4. The van der Waals surface area contributed by atoms with Crippen LogP contribution in [0.5, 0.6) is 0 Å². The van der Waals surface area contributed by atoms with Gasteiger partial charge < -0.3 is 0 Å². The minimum absolute atomic E-state index is 0.239. The van der Waals surface area contributed by atoms with E-state index in [0.717, 1.165) is 25.7 Å². The highest BCUT2D eigenvalue weighted by Gasteiger charge is 2.43. The molecule has 0 aromatic carbocycles. The van der Waals surface area contributed by atoms with Crippen molar-refractivity contribution in [3.63, 3.8) is 0 Å². The van der Waals surface area contributed by atoms with E-state index in [4.69, 9.17) is 0 Å². The summed E-state index contributed by atoms with van der Waals surface area (Å²) in [6.45, 7) is 2.15. The van der Waals surface area contributed by atoms with Crippen LogP contribution in [0.25, 0.3) is 0 Å². The van der Waals surface area contributed by atoms with Gasteiger partial charge in [-0.1, -0.05) is 6.92 Å². The Morgan fingerprint density at radius 1 is 1.25 bits per heavy atom. The number of nitrogens with zero attached hydrogens (tertiary/aromatic N) is 1. The lowest BCUT2D eigenvalue weighted by Gasteiger charge is -2.34. The SMILES string of the molecule is CC1CCC(C#N)(NS(=O)(=O)C2CC2)CC1. The third-order valence-electron chi connectivity index (χ3n) is 3.64. The molecule has 0 amide bonds. The van der Waals surface area contributed by atoms with Crippen LogP contribution in [-0.2, 0) is 10.0 Å². The highest BCUT2D eigenvalue weighted by molar-refractivity contribution is 7.90. The number of nitrogens with one attached hydrogen (secondary N) is 1. The molecule has 5 heteroatoms. The maximum atomic E-state index is 11.8. The molecule has 0 heterocycles. The average Bonchev–Trinajstić information content (AvgIpc) is 3.05. The van der Waals surface area contributed by atoms with E-state index >= 15 is 0 Å². The molecule has 0 saturated heterocycles. The molecule has 2 rings (SSSR count). The first-order chi connectivity index (χ1) is 7.47. The first kappa shape index (κ1) is 11.9. The summed E-state index contributed by atoms with van der Waals surface area (Å²) < 4.78 is 26.3. The minimum atomic E-state index is -3.25. The average molecular weight is 242 g/mol. The van der Waals surface area contributed by atoms with Crippen molar-refractivity contribution in [3.05, 3.63) is 0 Å². The molecule has 0 unspecified atom stereocenters. The second-order valence-corrected chi connectivity index (χ2v) is 7.18. The standard InChI is InChI=1S/C11H18N2O2S/c1-9-4-6-11(8-12,7-5-9)13-16(14,15)10-2-3-10/h9-10,13H,2-7H2,1H3. The van der Waals surface area contributed by atoms with Gasteiger partial charge in [0.1, 0.15) is 5.54 Å².